The van der Waals surface area contributed by atoms with E-state index in [0.717, 1.165) is 24.8 Å². The van der Waals surface area contributed by atoms with Gasteiger partial charge in [-0.1, -0.05) is 11.6 Å². The van der Waals surface area contributed by atoms with Crippen molar-refractivity contribution in [2.45, 2.75) is 31.3 Å². The van der Waals surface area contributed by atoms with Crippen LogP contribution in [0, 0.1) is 0 Å². The molecular formula is C18H20ClN3O3. The number of piperidine rings is 1. The van der Waals surface area contributed by atoms with Crippen molar-refractivity contribution in [2.75, 3.05) is 19.6 Å². The maximum absolute atomic E-state index is 12.8. The molecule has 1 aromatic carbocycles. The van der Waals surface area contributed by atoms with Crippen molar-refractivity contribution in [1.29, 1.82) is 0 Å². The summed E-state index contributed by atoms with van der Waals surface area (Å²) < 4.78 is 5.66. The van der Waals surface area contributed by atoms with E-state index in [4.69, 9.17) is 21.8 Å². The van der Waals surface area contributed by atoms with Gasteiger partial charge in [0.1, 0.15) is 5.58 Å². The third-order valence-electron chi connectivity index (χ3n) is 5.07. The number of hydrogen-bond acceptors (Lipinski definition) is 4. The van der Waals surface area contributed by atoms with Crippen LogP contribution in [-0.4, -0.2) is 53.3 Å². The Balaban J connectivity index is 1.53. The number of benzene rings is 1. The maximum Gasteiger partial charge on any atom is 0.289 e. The summed E-state index contributed by atoms with van der Waals surface area (Å²) in [6.07, 6.45) is 2.50. The van der Waals surface area contributed by atoms with E-state index in [1.165, 1.54) is 0 Å². The van der Waals surface area contributed by atoms with Gasteiger partial charge in [0, 0.05) is 42.5 Å². The molecule has 0 unspecified atom stereocenters. The Hall–Kier alpha value is -2.05. The number of carbonyl (C=O) groups is 2. The van der Waals surface area contributed by atoms with Gasteiger partial charge in [-0.3, -0.25) is 9.59 Å². The van der Waals surface area contributed by atoms with Crippen molar-refractivity contribution in [3.63, 3.8) is 0 Å². The number of furan rings is 1. The van der Waals surface area contributed by atoms with Crippen molar-refractivity contribution in [2.24, 2.45) is 5.73 Å². The van der Waals surface area contributed by atoms with Gasteiger partial charge in [-0.2, -0.15) is 0 Å². The van der Waals surface area contributed by atoms with E-state index in [-0.39, 0.29) is 29.7 Å². The van der Waals surface area contributed by atoms with E-state index < -0.39 is 0 Å². The van der Waals surface area contributed by atoms with E-state index in [1.54, 1.807) is 29.2 Å². The Bertz CT molecular complexity index is 834. The van der Waals surface area contributed by atoms with Gasteiger partial charge in [0.25, 0.3) is 5.91 Å². The molecule has 2 atom stereocenters. The fourth-order valence-corrected chi connectivity index (χ4v) is 3.94. The lowest BCUT2D eigenvalue weighted by molar-refractivity contribution is -0.135. The first-order valence-corrected chi connectivity index (χ1v) is 8.94. The van der Waals surface area contributed by atoms with Crippen LogP contribution in [0.15, 0.2) is 28.7 Å². The summed E-state index contributed by atoms with van der Waals surface area (Å²) in [6.45, 7) is 1.59. The van der Waals surface area contributed by atoms with Crippen molar-refractivity contribution in [3.05, 3.63) is 35.0 Å². The van der Waals surface area contributed by atoms with Crippen molar-refractivity contribution in [3.8, 4) is 0 Å². The Morgan fingerprint density at radius 1 is 1.24 bits per heavy atom. The standard InChI is InChI=1S/C18H20ClN3O3/c19-12-4-5-15-11(7-12)8-16(25-15)18(24)21-9-13(20)14(10-21)22-6-2-1-3-17(22)23/h4-5,7-8,13-14H,1-3,6,9-10,20H2/t13-,14-/m0/s1. The second-order valence-electron chi connectivity index (χ2n) is 6.78. The molecule has 3 heterocycles. The van der Waals surface area contributed by atoms with E-state index in [2.05, 4.69) is 0 Å². The summed E-state index contributed by atoms with van der Waals surface area (Å²) >= 11 is 5.98. The number of likely N-dealkylation sites (tertiary alicyclic amines) is 2. The first kappa shape index (κ1) is 16.4. The second-order valence-corrected chi connectivity index (χ2v) is 7.21. The number of hydrogen-bond donors (Lipinski definition) is 1. The molecule has 0 saturated carbocycles. The minimum atomic E-state index is -0.232. The van der Waals surface area contributed by atoms with Gasteiger partial charge in [0.05, 0.1) is 6.04 Å². The summed E-state index contributed by atoms with van der Waals surface area (Å²) in [6, 6.07) is 6.60. The van der Waals surface area contributed by atoms with Crippen LogP contribution in [-0.2, 0) is 4.79 Å². The van der Waals surface area contributed by atoms with Crippen LogP contribution < -0.4 is 5.73 Å². The van der Waals surface area contributed by atoms with Gasteiger partial charge in [-0.15, -0.1) is 0 Å². The largest absolute Gasteiger partial charge is 0.451 e. The molecule has 0 radical (unpaired) electrons. The van der Waals surface area contributed by atoms with Gasteiger partial charge in [0.2, 0.25) is 5.91 Å². The first-order chi connectivity index (χ1) is 12.0. The molecule has 0 bridgehead atoms. The molecule has 0 spiro atoms. The number of nitrogens with two attached hydrogens (primary N) is 1. The van der Waals surface area contributed by atoms with E-state index in [9.17, 15) is 9.59 Å². The number of carbonyl (C=O) groups excluding carboxylic acids is 2. The molecule has 2 aromatic rings. The molecule has 0 aliphatic carbocycles. The maximum atomic E-state index is 12.8. The fourth-order valence-electron chi connectivity index (χ4n) is 3.76. The normalized spacial score (nSPS) is 24.3. The SMILES string of the molecule is N[C@H]1CN(C(=O)c2cc3cc(Cl)ccc3o2)C[C@@H]1N1CCCCC1=O. The predicted octanol–water partition coefficient (Wildman–Crippen LogP) is 2.25. The third-order valence-corrected chi connectivity index (χ3v) is 5.30. The average molecular weight is 362 g/mol. The van der Waals surface area contributed by atoms with Crippen LogP contribution in [0.4, 0.5) is 0 Å². The minimum Gasteiger partial charge on any atom is -0.451 e. The summed E-state index contributed by atoms with van der Waals surface area (Å²) in [7, 11) is 0. The molecule has 2 aliphatic rings. The van der Waals surface area contributed by atoms with E-state index in [0.29, 0.717) is 30.1 Å². The van der Waals surface area contributed by atoms with Crippen LogP contribution in [0.1, 0.15) is 29.8 Å². The fraction of sp³-hybridized carbons (Fsp3) is 0.444. The van der Waals surface area contributed by atoms with Crippen LogP contribution in [0.2, 0.25) is 5.02 Å². The zero-order valence-electron chi connectivity index (χ0n) is 13.8. The van der Waals surface area contributed by atoms with Crippen molar-refractivity contribution >= 4 is 34.4 Å². The molecule has 4 rings (SSSR count). The quantitative estimate of drug-likeness (QED) is 0.889. The van der Waals surface area contributed by atoms with Gasteiger partial charge in [-0.05, 0) is 37.1 Å². The lowest BCUT2D eigenvalue weighted by Gasteiger charge is -2.34. The molecule has 2 fully saturated rings. The monoisotopic (exact) mass is 361 g/mol. The van der Waals surface area contributed by atoms with E-state index in [1.807, 2.05) is 4.90 Å². The Morgan fingerprint density at radius 2 is 2.08 bits per heavy atom. The molecule has 2 amide bonds. The van der Waals surface area contributed by atoms with Gasteiger partial charge >= 0.3 is 0 Å². The molecule has 2 aliphatic heterocycles. The van der Waals surface area contributed by atoms with Crippen LogP contribution in [0.3, 0.4) is 0 Å². The summed E-state index contributed by atoms with van der Waals surface area (Å²) in [5, 5.41) is 1.39. The number of amides is 2. The number of nitrogens with zero attached hydrogens (tertiary/aromatic N) is 2. The predicted molar refractivity (Wildman–Crippen MR) is 94.5 cm³/mol. The highest BCUT2D eigenvalue weighted by molar-refractivity contribution is 6.31. The van der Waals surface area contributed by atoms with Gasteiger partial charge in [-0.25, -0.2) is 0 Å². The number of rotatable bonds is 2. The highest BCUT2D eigenvalue weighted by Gasteiger charge is 2.40. The van der Waals surface area contributed by atoms with E-state index >= 15 is 0 Å². The summed E-state index contributed by atoms with van der Waals surface area (Å²) in [5.74, 6) is 0.212. The number of fused-ring (bicyclic) bond motifs is 1. The smallest absolute Gasteiger partial charge is 0.289 e. The van der Waals surface area contributed by atoms with Gasteiger partial charge in [0.15, 0.2) is 5.76 Å². The van der Waals surface area contributed by atoms with Gasteiger partial charge < -0.3 is 20.0 Å². The molecule has 25 heavy (non-hydrogen) atoms. The Morgan fingerprint density at radius 3 is 2.88 bits per heavy atom. The average Bonchev–Trinajstić information content (AvgIpc) is 3.18. The molecule has 2 N–H and O–H groups in total. The number of halogens is 1. The Kier molecular flexibility index (Phi) is 4.17. The topological polar surface area (TPSA) is 79.8 Å². The molecule has 132 valence electrons. The zero-order valence-corrected chi connectivity index (χ0v) is 14.5. The third kappa shape index (κ3) is 3.00. The Labute approximate surface area is 150 Å². The van der Waals surface area contributed by atoms with Crippen LogP contribution in [0.25, 0.3) is 11.0 Å². The zero-order chi connectivity index (χ0) is 17.6. The van der Waals surface area contributed by atoms with Crippen molar-refractivity contribution < 1.29 is 14.0 Å². The summed E-state index contributed by atoms with van der Waals surface area (Å²) in [5.41, 5.74) is 6.86. The summed E-state index contributed by atoms with van der Waals surface area (Å²) in [4.78, 5) is 28.5. The highest BCUT2D eigenvalue weighted by Crippen LogP contribution is 2.26. The van der Waals surface area contributed by atoms with Crippen LogP contribution in [0.5, 0.6) is 0 Å². The molecule has 2 saturated heterocycles. The van der Waals surface area contributed by atoms with Crippen molar-refractivity contribution in [1.82, 2.24) is 9.80 Å². The molecular weight excluding hydrogens is 342 g/mol. The molecule has 7 heteroatoms. The highest BCUT2D eigenvalue weighted by atomic mass is 35.5. The molecule has 6 nitrogen and oxygen atoms in total. The minimum absolute atomic E-state index is 0.115. The van der Waals surface area contributed by atoms with Crippen LogP contribution >= 0.6 is 11.6 Å². The second kappa shape index (κ2) is 6.35. The lowest BCUT2D eigenvalue weighted by atomic mass is 10.1. The first-order valence-electron chi connectivity index (χ1n) is 8.56. The lowest BCUT2D eigenvalue weighted by Crippen LogP contribution is -2.51. The molecule has 1 aromatic heterocycles.